The first-order valence-electron chi connectivity index (χ1n) is 13.2. The molecule has 0 saturated carbocycles. The number of guanidine groups is 1. The minimum absolute atomic E-state index is 0.0566. The number of aliphatic imine (C=N–C) groups is 1. The highest BCUT2D eigenvalue weighted by molar-refractivity contribution is 7.86. The van der Waals surface area contributed by atoms with Crippen molar-refractivity contribution in [3.8, 4) is 17.2 Å². The Kier molecular flexibility index (Phi) is 10.4. The number of rotatable bonds is 14. The molecule has 1 heterocycles. The van der Waals surface area contributed by atoms with Crippen LogP contribution in [0.3, 0.4) is 0 Å². The van der Waals surface area contributed by atoms with Crippen LogP contribution in [0.5, 0.6) is 17.2 Å². The van der Waals surface area contributed by atoms with Gasteiger partial charge in [-0.15, -0.1) is 0 Å². The lowest BCUT2D eigenvalue weighted by molar-refractivity contribution is -0.170. The lowest BCUT2D eigenvalue weighted by Gasteiger charge is -2.25. The SMILES string of the molecule is CCC(Oc1ccc(OC(C)(C)C(=O)OC(=O)[C@@H](N)CCCN=C(N)N)cc1)n1ccc2cc(OS(C)(=O)=O)ccc21. The van der Waals surface area contributed by atoms with Crippen molar-refractivity contribution in [1.82, 2.24) is 4.57 Å². The molecule has 0 fully saturated rings. The molecule has 0 aliphatic carbocycles. The van der Waals surface area contributed by atoms with Crippen molar-refractivity contribution < 1.29 is 36.4 Å². The summed E-state index contributed by atoms with van der Waals surface area (Å²) in [5.74, 6) is -0.674. The van der Waals surface area contributed by atoms with Crippen molar-refractivity contribution in [3.63, 3.8) is 0 Å². The maximum absolute atomic E-state index is 12.6. The van der Waals surface area contributed by atoms with Gasteiger partial charge in [0.25, 0.3) is 0 Å². The number of nitrogens with zero attached hydrogens (tertiary/aromatic N) is 2. The number of hydrogen-bond acceptors (Lipinski definition) is 10. The largest absolute Gasteiger partial charge is 0.476 e. The summed E-state index contributed by atoms with van der Waals surface area (Å²) >= 11 is 0. The molecule has 42 heavy (non-hydrogen) atoms. The minimum Gasteiger partial charge on any atom is -0.476 e. The summed E-state index contributed by atoms with van der Waals surface area (Å²) in [5, 5.41) is 0.793. The fourth-order valence-corrected chi connectivity index (χ4v) is 4.42. The van der Waals surface area contributed by atoms with E-state index in [1.54, 1.807) is 42.5 Å². The molecule has 14 heteroatoms. The standard InChI is InChI=1S/C28H37N5O8S/c1-5-24(33-16-14-18-17-21(12-13-23(18)33)41-42(4,36)37)38-19-8-10-20(11-9-19)40-28(2,3)26(35)39-25(34)22(29)7-6-15-32-27(30)31/h8-14,16-17,22,24H,5-7,15,29H2,1-4H3,(H4,30,31,32)/t22-,24?/m0/s1. The smallest absolute Gasteiger partial charge is 0.357 e. The lowest BCUT2D eigenvalue weighted by Crippen LogP contribution is -2.44. The molecule has 1 aromatic heterocycles. The van der Waals surface area contributed by atoms with Crippen LogP contribution in [0.2, 0.25) is 0 Å². The Morgan fingerprint density at radius 3 is 2.29 bits per heavy atom. The Morgan fingerprint density at radius 2 is 1.67 bits per heavy atom. The second-order valence-corrected chi connectivity index (χ2v) is 11.6. The summed E-state index contributed by atoms with van der Waals surface area (Å²) in [5.41, 5.74) is 15.7. The van der Waals surface area contributed by atoms with Crippen LogP contribution < -0.4 is 30.9 Å². The van der Waals surface area contributed by atoms with E-state index in [4.69, 9.17) is 35.6 Å². The van der Waals surface area contributed by atoms with Gasteiger partial charge in [0.2, 0.25) is 5.60 Å². The Balaban J connectivity index is 1.60. The Bertz CT molecular complexity index is 1530. The zero-order valence-corrected chi connectivity index (χ0v) is 24.8. The molecule has 2 aromatic carbocycles. The summed E-state index contributed by atoms with van der Waals surface area (Å²) in [4.78, 5) is 28.7. The van der Waals surface area contributed by atoms with Crippen LogP contribution in [0.15, 0.2) is 59.7 Å². The number of esters is 2. The maximum Gasteiger partial charge on any atom is 0.357 e. The first-order chi connectivity index (χ1) is 19.7. The van der Waals surface area contributed by atoms with E-state index in [1.807, 2.05) is 23.8 Å². The molecule has 0 amide bonds. The number of carbonyl (C=O) groups is 2. The highest BCUT2D eigenvalue weighted by Gasteiger charge is 2.35. The number of fused-ring (bicyclic) bond motifs is 1. The Labute approximate surface area is 244 Å². The molecule has 0 spiro atoms. The highest BCUT2D eigenvalue weighted by Crippen LogP contribution is 2.30. The minimum atomic E-state index is -3.63. The first-order valence-corrected chi connectivity index (χ1v) is 15.0. The van der Waals surface area contributed by atoms with Crippen LogP contribution in [0, 0.1) is 0 Å². The van der Waals surface area contributed by atoms with Crippen molar-refractivity contribution in [1.29, 1.82) is 0 Å². The molecule has 0 radical (unpaired) electrons. The Hall–Kier alpha value is -4.30. The van der Waals surface area contributed by atoms with Crippen molar-refractivity contribution in [2.75, 3.05) is 12.8 Å². The second kappa shape index (κ2) is 13.6. The van der Waals surface area contributed by atoms with Gasteiger partial charge in [0.15, 0.2) is 12.2 Å². The third-order valence-corrected chi connectivity index (χ3v) is 6.52. The van der Waals surface area contributed by atoms with Gasteiger partial charge in [0, 0.05) is 24.5 Å². The van der Waals surface area contributed by atoms with E-state index in [2.05, 4.69) is 4.99 Å². The van der Waals surface area contributed by atoms with Crippen LogP contribution in [0.4, 0.5) is 0 Å². The number of nitrogens with two attached hydrogens (primary N) is 3. The number of benzene rings is 2. The van der Waals surface area contributed by atoms with Gasteiger partial charge in [0.05, 0.1) is 11.8 Å². The predicted molar refractivity (Wildman–Crippen MR) is 157 cm³/mol. The van der Waals surface area contributed by atoms with Crippen LogP contribution in [0.1, 0.15) is 46.3 Å². The van der Waals surface area contributed by atoms with Gasteiger partial charge < -0.3 is 40.2 Å². The number of carbonyl (C=O) groups excluding carboxylic acids is 2. The van der Waals surface area contributed by atoms with Gasteiger partial charge in [0.1, 0.15) is 23.3 Å². The van der Waals surface area contributed by atoms with Crippen molar-refractivity contribution in [3.05, 3.63) is 54.7 Å². The molecule has 3 rings (SSSR count). The molecule has 0 bridgehead atoms. The van der Waals surface area contributed by atoms with Crippen LogP contribution in [-0.2, 0) is 24.4 Å². The van der Waals surface area contributed by atoms with E-state index in [1.165, 1.54) is 13.8 Å². The normalized spacial score (nSPS) is 13.2. The number of ether oxygens (including phenoxy) is 3. The van der Waals surface area contributed by atoms with Gasteiger partial charge in [-0.2, -0.15) is 8.42 Å². The molecule has 0 saturated heterocycles. The van der Waals surface area contributed by atoms with E-state index in [9.17, 15) is 18.0 Å². The molecule has 2 atom stereocenters. The average Bonchev–Trinajstić information content (AvgIpc) is 3.32. The van der Waals surface area contributed by atoms with E-state index in [0.29, 0.717) is 30.9 Å². The predicted octanol–water partition coefficient (Wildman–Crippen LogP) is 2.58. The van der Waals surface area contributed by atoms with Crippen LogP contribution in [0.25, 0.3) is 10.9 Å². The molecular weight excluding hydrogens is 566 g/mol. The number of hydrogen-bond donors (Lipinski definition) is 3. The molecule has 0 aliphatic rings. The van der Waals surface area contributed by atoms with Gasteiger partial charge in [-0.25, -0.2) is 9.59 Å². The summed E-state index contributed by atoms with van der Waals surface area (Å²) in [7, 11) is -3.63. The second-order valence-electron chi connectivity index (χ2n) is 10.1. The Morgan fingerprint density at radius 1 is 1.02 bits per heavy atom. The highest BCUT2D eigenvalue weighted by atomic mass is 32.2. The van der Waals surface area contributed by atoms with E-state index < -0.39 is 33.7 Å². The van der Waals surface area contributed by atoms with Gasteiger partial charge >= 0.3 is 22.1 Å². The summed E-state index contributed by atoms with van der Waals surface area (Å²) in [6.45, 7) is 5.23. The summed E-state index contributed by atoms with van der Waals surface area (Å²) < 4.78 is 46.8. The topological polar surface area (TPSA) is 201 Å². The lowest BCUT2D eigenvalue weighted by atomic mass is 10.1. The maximum atomic E-state index is 12.6. The fourth-order valence-electron chi connectivity index (χ4n) is 3.96. The van der Waals surface area contributed by atoms with Crippen molar-refractivity contribution >= 4 is 38.9 Å². The summed E-state index contributed by atoms with van der Waals surface area (Å²) in [6.07, 6.45) is 3.79. The number of aromatic nitrogens is 1. The van der Waals surface area contributed by atoms with E-state index in [-0.39, 0.29) is 24.4 Å². The summed E-state index contributed by atoms with van der Waals surface area (Å²) in [6, 6.07) is 12.5. The first kappa shape index (κ1) is 32.2. The fraction of sp³-hybridized carbons (Fsp3) is 0.393. The third kappa shape index (κ3) is 9.11. The molecule has 0 aliphatic heterocycles. The molecule has 6 N–H and O–H groups in total. The van der Waals surface area contributed by atoms with Crippen LogP contribution >= 0.6 is 0 Å². The third-order valence-electron chi connectivity index (χ3n) is 6.02. The molecule has 228 valence electrons. The van der Waals surface area contributed by atoms with Gasteiger partial charge in [-0.05, 0) is 75.2 Å². The quantitative estimate of drug-likeness (QED) is 0.0610. The van der Waals surface area contributed by atoms with E-state index >= 15 is 0 Å². The molecular formula is C28H37N5O8S. The van der Waals surface area contributed by atoms with Gasteiger partial charge in [-0.1, -0.05) is 6.92 Å². The molecule has 13 nitrogen and oxygen atoms in total. The van der Waals surface area contributed by atoms with Crippen molar-refractivity contribution in [2.24, 2.45) is 22.2 Å². The molecule has 1 unspecified atom stereocenters. The van der Waals surface area contributed by atoms with Crippen molar-refractivity contribution in [2.45, 2.75) is 57.9 Å². The van der Waals surface area contributed by atoms with Gasteiger partial charge in [-0.3, -0.25) is 4.99 Å². The molecule has 3 aromatic rings. The van der Waals surface area contributed by atoms with E-state index in [0.717, 1.165) is 17.2 Å². The zero-order chi connectivity index (χ0) is 31.1. The monoisotopic (exact) mass is 603 g/mol. The zero-order valence-electron chi connectivity index (χ0n) is 24.0. The van der Waals surface area contributed by atoms with Crippen LogP contribution in [-0.4, -0.2) is 55.3 Å². The average molecular weight is 604 g/mol.